The third-order valence-electron chi connectivity index (χ3n) is 11.1. The SMILES string of the molecule is CCOC(=O)Cc1ccc(N2C(=O)c3c(c(OCC)c4ccccc4c3OCC)C2O)c(F)c1.CCOC(=O)Cc1ccc(N2Cc3c(c(OCC)c4ccccc4c3OCC)C2=O)c(F)c1. The van der Waals surface area contributed by atoms with Crippen LogP contribution in [0.3, 0.4) is 0 Å². The van der Waals surface area contributed by atoms with Crippen molar-refractivity contribution in [1.82, 2.24) is 0 Å². The molecule has 67 heavy (non-hydrogen) atoms. The van der Waals surface area contributed by atoms with E-state index in [4.69, 9.17) is 28.4 Å². The number of nitrogens with zero attached hydrogens (tertiary/aromatic N) is 2. The molecule has 2 heterocycles. The number of aliphatic hydroxyl groups excluding tert-OH is 1. The van der Waals surface area contributed by atoms with Crippen molar-refractivity contribution in [3.05, 3.63) is 130 Å². The van der Waals surface area contributed by atoms with Gasteiger partial charge in [0.25, 0.3) is 11.8 Å². The average molecular weight is 919 g/mol. The summed E-state index contributed by atoms with van der Waals surface area (Å²) in [6.07, 6.45) is -1.62. The molecule has 2 amide bonds. The smallest absolute Gasteiger partial charge is 0.310 e. The molecule has 0 aliphatic carbocycles. The van der Waals surface area contributed by atoms with Crippen LogP contribution in [0.4, 0.5) is 20.2 Å². The molecule has 0 fully saturated rings. The Morgan fingerprint density at radius 2 is 1.00 bits per heavy atom. The number of ether oxygens (including phenoxy) is 6. The lowest BCUT2D eigenvalue weighted by molar-refractivity contribution is -0.143. The molecule has 2 aliphatic heterocycles. The lowest BCUT2D eigenvalue weighted by atomic mass is 9.98. The molecule has 1 unspecified atom stereocenters. The Morgan fingerprint density at radius 3 is 1.48 bits per heavy atom. The fraction of sp³-hybridized carbons (Fsp3) is 0.308. The Balaban J connectivity index is 0.000000199. The van der Waals surface area contributed by atoms with Crippen molar-refractivity contribution in [1.29, 1.82) is 0 Å². The molecule has 0 saturated heterocycles. The van der Waals surface area contributed by atoms with Crippen molar-refractivity contribution in [2.24, 2.45) is 0 Å². The van der Waals surface area contributed by atoms with E-state index < -0.39 is 35.7 Å². The second kappa shape index (κ2) is 20.9. The number of hydrogen-bond donors (Lipinski definition) is 1. The van der Waals surface area contributed by atoms with Gasteiger partial charge in [0.1, 0.15) is 34.6 Å². The highest BCUT2D eigenvalue weighted by Gasteiger charge is 2.44. The first-order valence-corrected chi connectivity index (χ1v) is 22.3. The third kappa shape index (κ3) is 9.28. The maximum absolute atomic E-state index is 15.2. The van der Waals surface area contributed by atoms with Crippen LogP contribution in [0.15, 0.2) is 84.9 Å². The topological polar surface area (TPSA) is 150 Å². The number of aliphatic hydroxyl groups is 1. The van der Waals surface area contributed by atoms with E-state index in [9.17, 15) is 24.3 Å². The van der Waals surface area contributed by atoms with Crippen LogP contribution >= 0.6 is 0 Å². The molecule has 0 saturated carbocycles. The van der Waals surface area contributed by atoms with Gasteiger partial charge in [0, 0.05) is 27.1 Å². The van der Waals surface area contributed by atoms with Crippen molar-refractivity contribution >= 4 is 56.7 Å². The molecule has 1 atom stereocenters. The Bertz CT molecular complexity index is 2870. The van der Waals surface area contributed by atoms with Gasteiger partial charge >= 0.3 is 11.9 Å². The summed E-state index contributed by atoms with van der Waals surface area (Å²) in [6, 6.07) is 23.4. The highest BCUT2D eigenvalue weighted by molar-refractivity contribution is 6.18. The molecule has 1 N–H and O–H groups in total. The van der Waals surface area contributed by atoms with Gasteiger partial charge in [-0.25, -0.2) is 8.78 Å². The largest absolute Gasteiger partial charge is 0.493 e. The Hall–Kier alpha value is -7.26. The normalized spacial score (nSPS) is 13.8. The minimum Gasteiger partial charge on any atom is -0.493 e. The standard InChI is InChI=1S/C26H26FNO6.C26H26FNO5/c1-4-32-20(29)14-15-11-12-19(18(27)13-15)28-25(30)21-22(26(28)31)24(34-6-3)17-10-8-7-9-16(17)23(21)33-5-2;1-4-31-22(29)14-16-11-12-21(20(27)13-16)28-15-19-23(26(28)30)25(33-6-3)18-10-8-7-9-17(18)24(19)32-5-2/h7-13,25,30H,4-6,14H2,1-3H3;7-13H,4-6,14-15H2,1-3H3. The molecule has 0 radical (unpaired) electrons. The molecule has 6 aromatic rings. The van der Waals surface area contributed by atoms with E-state index >= 15 is 8.78 Å². The van der Waals surface area contributed by atoms with E-state index in [0.717, 1.165) is 15.7 Å². The number of halogens is 2. The lowest BCUT2D eigenvalue weighted by Crippen LogP contribution is -2.28. The molecule has 8 rings (SSSR count). The van der Waals surface area contributed by atoms with Crippen molar-refractivity contribution < 1.29 is 61.5 Å². The molecule has 0 bridgehead atoms. The van der Waals surface area contributed by atoms with Crippen LogP contribution in [-0.4, -0.2) is 68.5 Å². The summed E-state index contributed by atoms with van der Waals surface area (Å²) < 4.78 is 63.7. The van der Waals surface area contributed by atoms with Crippen molar-refractivity contribution in [2.45, 2.75) is 67.2 Å². The van der Waals surface area contributed by atoms with Gasteiger partial charge in [-0.15, -0.1) is 0 Å². The summed E-state index contributed by atoms with van der Waals surface area (Å²) in [5, 5.41) is 14.2. The molecule has 13 nitrogen and oxygen atoms in total. The van der Waals surface area contributed by atoms with Crippen LogP contribution < -0.4 is 28.7 Å². The van der Waals surface area contributed by atoms with E-state index in [2.05, 4.69) is 0 Å². The van der Waals surface area contributed by atoms with Crippen molar-refractivity contribution in [2.75, 3.05) is 49.4 Å². The minimum atomic E-state index is -1.49. The summed E-state index contributed by atoms with van der Waals surface area (Å²) in [5.74, 6) is -1.41. The zero-order valence-electron chi connectivity index (χ0n) is 38.2. The fourth-order valence-electron chi connectivity index (χ4n) is 8.51. The van der Waals surface area contributed by atoms with E-state index in [1.165, 1.54) is 35.2 Å². The number of rotatable bonds is 16. The van der Waals surface area contributed by atoms with Crippen LogP contribution in [0.2, 0.25) is 0 Å². The van der Waals surface area contributed by atoms with E-state index in [1.807, 2.05) is 62.4 Å². The monoisotopic (exact) mass is 918 g/mol. The number of amides is 2. The van der Waals surface area contributed by atoms with Gasteiger partial charge in [-0.1, -0.05) is 60.7 Å². The average Bonchev–Trinajstić information content (AvgIpc) is 3.78. The van der Waals surface area contributed by atoms with Gasteiger partial charge in [-0.2, -0.15) is 0 Å². The van der Waals surface area contributed by atoms with Crippen LogP contribution in [0, 0.1) is 11.6 Å². The van der Waals surface area contributed by atoms with E-state index in [0.29, 0.717) is 82.5 Å². The number of fused-ring (bicyclic) bond motifs is 4. The summed E-state index contributed by atoms with van der Waals surface area (Å²) in [4.78, 5) is 53.0. The number of carbonyl (C=O) groups excluding carboxylic acids is 4. The number of hydrogen-bond acceptors (Lipinski definition) is 11. The number of esters is 2. The lowest BCUT2D eigenvalue weighted by Gasteiger charge is -2.22. The first kappa shape index (κ1) is 47.7. The van der Waals surface area contributed by atoms with E-state index in [-0.39, 0.29) is 61.0 Å². The Kier molecular flexibility index (Phi) is 14.9. The van der Waals surface area contributed by atoms with Gasteiger partial charge in [-0.05, 0) is 76.9 Å². The Morgan fingerprint density at radius 1 is 0.567 bits per heavy atom. The minimum absolute atomic E-state index is 0.0341. The predicted octanol–water partition coefficient (Wildman–Crippen LogP) is 9.58. The first-order valence-electron chi connectivity index (χ1n) is 22.3. The van der Waals surface area contributed by atoms with Gasteiger partial charge in [0.2, 0.25) is 0 Å². The number of carbonyl (C=O) groups is 4. The molecular formula is C52H52F2N2O11. The van der Waals surface area contributed by atoms with Crippen LogP contribution in [0.5, 0.6) is 23.0 Å². The second-order valence-corrected chi connectivity index (χ2v) is 15.3. The van der Waals surface area contributed by atoms with Crippen LogP contribution in [0.25, 0.3) is 21.5 Å². The van der Waals surface area contributed by atoms with Crippen molar-refractivity contribution in [3.8, 4) is 23.0 Å². The molecule has 0 spiro atoms. The zero-order chi connectivity index (χ0) is 47.9. The van der Waals surface area contributed by atoms with Gasteiger partial charge in [-0.3, -0.25) is 24.1 Å². The predicted molar refractivity (Wildman–Crippen MR) is 248 cm³/mol. The fourth-order valence-corrected chi connectivity index (χ4v) is 8.51. The maximum Gasteiger partial charge on any atom is 0.310 e. The van der Waals surface area contributed by atoms with Gasteiger partial charge < -0.3 is 38.4 Å². The van der Waals surface area contributed by atoms with Crippen LogP contribution in [-0.2, 0) is 38.4 Å². The highest BCUT2D eigenvalue weighted by Crippen LogP contribution is 2.51. The molecular weight excluding hydrogens is 867 g/mol. The zero-order valence-corrected chi connectivity index (χ0v) is 38.2. The van der Waals surface area contributed by atoms with Crippen LogP contribution in [0.1, 0.15) is 90.7 Å². The summed E-state index contributed by atoms with van der Waals surface area (Å²) in [5.41, 5.74) is 2.36. The molecule has 2 aliphatic rings. The second-order valence-electron chi connectivity index (χ2n) is 15.3. The first-order chi connectivity index (χ1) is 32.4. The van der Waals surface area contributed by atoms with E-state index in [1.54, 1.807) is 33.8 Å². The molecule has 350 valence electrons. The number of benzene rings is 6. The Labute approximate surface area is 386 Å². The maximum atomic E-state index is 15.2. The summed E-state index contributed by atoms with van der Waals surface area (Å²) in [6.45, 7) is 12.8. The molecule has 6 aromatic carbocycles. The molecule has 0 aromatic heterocycles. The summed E-state index contributed by atoms with van der Waals surface area (Å²) >= 11 is 0. The third-order valence-corrected chi connectivity index (χ3v) is 11.1. The number of anilines is 2. The summed E-state index contributed by atoms with van der Waals surface area (Å²) in [7, 11) is 0. The molecule has 15 heteroatoms. The quantitative estimate of drug-likeness (QED) is 0.0925. The van der Waals surface area contributed by atoms with Gasteiger partial charge in [0.15, 0.2) is 6.23 Å². The van der Waals surface area contributed by atoms with Crippen molar-refractivity contribution in [3.63, 3.8) is 0 Å². The highest BCUT2D eigenvalue weighted by atomic mass is 19.1. The van der Waals surface area contributed by atoms with Gasteiger partial charge in [0.05, 0.1) is 87.1 Å².